The molecule has 3 saturated carbocycles. The van der Waals surface area contributed by atoms with Gasteiger partial charge in [0.1, 0.15) is 24.0 Å². The van der Waals surface area contributed by atoms with E-state index < -0.39 is 11.8 Å². The molecular formula is C31H47BrF2O4. The van der Waals surface area contributed by atoms with E-state index in [1.807, 2.05) is 0 Å². The predicted molar refractivity (Wildman–Crippen MR) is 148 cm³/mol. The number of halogens is 3. The number of alkyl halides is 3. The first kappa shape index (κ1) is 30.0. The van der Waals surface area contributed by atoms with Crippen LogP contribution in [0.15, 0.2) is 11.6 Å². The number of fused-ring (bicyclic) bond motifs is 5. The molecule has 0 saturated heterocycles. The van der Waals surface area contributed by atoms with Crippen molar-refractivity contribution in [2.45, 2.75) is 129 Å². The second-order valence-corrected chi connectivity index (χ2v) is 14.9. The number of hydrogen-bond acceptors (Lipinski definition) is 4. The van der Waals surface area contributed by atoms with Crippen LogP contribution in [0.1, 0.15) is 99.8 Å². The standard InChI is InChI=1S/C31H47BrF2O4/c1-17(8-11-26(33)29(4,5)34)22-9-10-23-28-24(12-13-30(22,23)6)31(7)20(15-25(28)32)14-21(37-18(2)35)16-27(31)38-19(3)36/h15,17,21-28H,8-14,16H2,1-7H3/t17-,21?,22-,23?,24?,25?,26?,27+,28?,30-,31+/m1/s1. The van der Waals surface area contributed by atoms with Gasteiger partial charge in [-0.2, -0.15) is 0 Å². The smallest absolute Gasteiger partial charge is 0.302 e. The lowest BCUT2D eigenvalue weighted by Gasteiger charge is -2.61. The molecule has 0 aromatic rings. The minimum atomic E-state index is -1.79. The van der Waals surface area contributed by atoms with Crippen LogP contribution in [0.5, 0.6) is 0 Å². The molecule has 38 heavy (non-hydrogen) atoms. The highest BCUT2D eigenvalue weighted by atomic mass is 79.9. The van der Waals surface area contributed by atoms with Gasteiger partial charge < -0.3 is 9.47 Å². The molecule has 3 fully saturated rings. The van der Waals surface area contributed by atoms with E-state index in [-0.39, 0.29) is 46.2 Å². The molecule has 216 valence electrons. The molecule has 0 aliphatic heterocycles. The van der Waals surface area contributed by atoms with Gasteiger partial charge in [-0.05, 0) is 87.4 Å². The Kier molecular flexibility index (Phi) is 8.51. The molecule has 0 bridgehead atoms. The van der Waals surface area contributed by atoms with Crippen LogP contribution >= 0.6 is 15.9 Å². The molecule has 0 spiro atoms. The summed E-state index contributed by atoms with van der Waals surface area (Å²) >= 11 is 4.06. The second kappa shape index (κ2) is 10.8. The summed E-state index contributed by atoms with van der Waals surface area (Å²) in [6, 6.07) is 0. The Labute approximate surface area is 236 Å². The van der Waals surface area contributed by atoms with Crippen molar-refractivity contribution < 1.29 is 27.8 Å². The van der Waals surface area contributed by atoms with Gasteiger partial charge in [0, 0.05) is 36.9 Å². The topological polar surface area (TPSA) is 52.6 Å². The lowest BCUT2D eigenvalue weighted by molar-refractivity contribution is -0.171. The average molecular weight is 602 g/mol. The molecule has 4 rings (SSSR count). The van der Waals surface area contributed by atoms with E-state index in [0.717, 1.165) is 25.7 Å². The lowest BCUT2D eigenvalue weighted by atomic mass is 9.46. The van der Waals surface area contributed by atoms with Crippen molar-refractivity contribution in [3.63, 3.8) is 0 Å². The molecule has 11 atom stereocenters. The average Bonchev–Trinajstić information content (AvgIpc) is 3.14. The number of esters is 2. The predicted octanol–water partition coefficient (Wildman–Crippen LogP) is 7.91. The largest absolute Gasteiger partial charge is 0.462 e. The van der Waals surface area contributed by atoms with Crippen molar-refractivity contribution in [2.75, 3.05) is 0 Å². The van der Waals surface area contributed by atoms with Crippen LogP contribution in [0.3, 0.4) is 0 Å². The fourth-order valence-electron chi connectivity index (χ4n) is 9.23. The third-order valence-electron chi connectivity index (χ3n) is 11.1. The van der Waals surface area contributed by atoms with Crippen molar-refractivity contribution in [1.82, 2.24) is 0 Å². The third-order valence-corrected chi connectivity index (χ3v) is 12.0. The maximum absolute atomic E-state index is 14.4. The van der Waals surface area contributed by atoms with E-state index in [1.165, 1.54) is 33.3 Å². The van der Waals surface area contributed by atoms with Crippen molar-refractivity contribution in [1.29, 1.82) is 0 Å². The van der Waals surface area contributed by atoms with Crippen LogP contribution in [0.4, 0.5) is 8.78 Å². The zero-order chi connectivity index (χ0) is 28.2. The molecule has 0 aromatic carbocycles. The van der Waals surface area contributed by atoms with Gasteiger partial charge in [-0.3, -0.25) is 9.59 Å². The number of ether oxygens (including phenoxy) is 2. The molecule has 4 aliphatic carbocycles. The SMILES string of the molecule is CC(=O)OC1CC2=CC(Br)C3C4CC[C@H]([C@H](C)CCC(F)C(C)(C)F)[C@@]4(C)CCC3[C@@]2(C)[C@@H](OC(C)=O)C1. The highest BCUT2D eigenvalue weighted by molar-refractivity contribution is 9.09. The summed E-state index contributed by atoms with van der Waals surface area (Å²) in [4.78, 5) is 24.1. The van der Waals surface area contributed by atoms with Gasteiger partial charge in [-0.25, -0.2) is 8.78 Å². The summed E-state index contributed by atoms with van der Waals surface area (Å²) in [5, 5.41) is 0. The van der Waals surface area contributed by atoms with E-state index >= 15 is 0 Å². The van der Waals surface area contributed by atoms with Crippen LogP contribution < -0.4 is 0 Å². The Morgan fingerprint density at radius 3 is 2.37 bits per heavy atom. The van der Waals surface area contributed by atoms with E-state index in [0.29, 0.717) is 48.9 Å². The van der Waals surface area contributed by atoms with Crippen molar-refractivity contribution in [3.8, 4) is 0 Å². The molecule has 4 nitrogen and oxygen atoms in total. The molecule has 0 radical (unpaired) electrons. The number of carbonyl (C=O) groups is 2. The van der Waals surface area contributed by atoms with Gasteiger partial charge in [0.25, 0.3) is 0 Å². The molecule has 0 N–H and O–H groups in total. The fourth-order valence-corrected chi connectivity index (χ4v) is 10.3. The maximum atomic E-state index is 14.4. The number of rotatable bonds is 7. The molecule has 0 amide bonds. The summed E-state index contributed by atoms with van der Waals surface area (Å²) in [7, 11) is 0. The van der Waals surface area contributed by atoms with E-state index in [9.17, 15) is 18.4 Å². The Morgan fingerprint density at radius 1 is 1.11 bits per heavy atom. The first-order valence-corrected chi connectivity index (χ1v) is 15.5. The Morgan fingerprint density at radius 2 is 1.76 bits per heavy atom. The first-order valence-electron chi connectivity index (χ1n) is 14.6. The molecule has 6 unspecified atom stereocenters. The van der Waals surface area contributed by atoms with Gasteiger partial charge in [-0.1, -0.05) is 48.4 Å². The first-order chi connectivity index (χ1) is 17.6. The Hall–Kier alpha value is -0.980. The number of allylic oxidation sites excluding steroid dienone is 1. The Bertz CT molecular complexity index is 947. The van der Waals surface area contributed by atoms with Gasteiger partial charge in [0.05, 0.1) is 0 Å². The summed E-state index contributed by atoms with van der Waals surface area (Å²) < 4.78 is 40.1. The third kappa shape index (κ3) is 5.35. The van der Waals surface area contributed by atoms with Gasteiger partial charge in [-0.15, -0.1) is 0 Å². The van der Waals surface area contributed by atoms with E-state index in [2.05, 4.69) is 42.8 Å². The maximum Gasteiger partial charge on any atom is 0.302 e. The van der Waals surface area contributed by atoms with Crippen molar-refractivity contribution in [2.24, 2.45) is 40.4 Å². The van der Waals surface area contributed by atoms with Crippen molar-refractivity contribution in [3.05, 3.63) is 11.6 Å². The molecule has 0 aromatic heterocycles. The fraction of sp³-hybridized carbons (Fsp3) is 0.871. The van der Waals surface area contributed by atoms with Crippen LogP contribution in [-0.2, 0) is 19.1 Å². The van der Waals surface area contributed by atoms with E-state index in [1.54, 1.807) is 0 Å². The van der Waals surface area contributed by atoms with Gasteiger partial charge >= 0.3 is 11.9 Å². The van der Waals surface area contributed by atoms with E-state index in [4.69, 9.17) is 9.47 Å². The van der Waals surface area contributed by atoms with Crippen LogP contribution in [0, 0.1) is 40.4 Å². The zero-order valence-electron chi connectivity index (χ0n) is 24.2. The molecular weight excluding hydrogens is 554 g/mol. The Balaban J connectivity index is 1.59. The van der Waals surface area contributed by atoms with Gasteiger partial charge in [0.15, 0.2) is 0 Å². The summed E-state index contributed by atoms with van der Waals surface area (Å²) in [6.45, 7) is 12.5. The number of hydrogen-bond donors (Lipinski definition) is 0. The lowest BCUT2D eigenvalue weighted by Crippen LogP contribution is -2.59. The summed E-state index contributed by atoms with van der Waals surface area (Å²) in [6.07, 6.45) is 6.85. The molecule has 7 heteroatoms. The van der Waals surface area contributed by atoms with Crippen molar-refractivity contribution >= 4 is 27.9 Å². The highest BCUT2D eigenvalue weighted by Crippen LogP contribution is 2.68. The van der Waals surface area contributed by atoms with Gasteiger partial charge in [0.2, 0.25) is 0 Å². The molecule has 4 aliphatic rings. The minimum Gasteiger partial charge on any atom is -0.462 e. The highest BCUT2D eigenvalue weighted by Gasteiger charge is 2.63. The normalized spacial score (nSPS) is 42.2. The van der Waals surface area contributed by atoms with Crippen LogP contribution in [0.25, 0.3) is 0 Å². The quantitative estimate of drug-likeness (QED) is 0.169. The summed E-state index contributed by atoms with van der Waals surface area (Å²) in [5.74, 6) is 1.49. The number of carbonyl (C=O) groups excluding carboxylic acids is 2. The van der Waals surface area contributed by atoms with Crippen LogP contribution in [0.2, 0.25) is 0 Å². The zero-order valence-corrected chi connectivity index (χ0v) is 25.8. The molecule has 0 heterocycles. The summed E-state index contributed by atoms with van der Waals surface area (Å²) in [5.41, 5.74) is -0.704. The second-order valence-electron chi connectivity index (χ2n) is 13.8. The minimum absolute atomic E-state index is 0.150. The van der Waals surface area contributed by atoms with Crippen LogP contribution in [-0.4, -0.2) is 40.8 Å². The monoisotopic (exact) mass is 600 g/mol.